The number of phenolic OH excluding ortho intramolecular Hbond substituents is 1. The maximum absolute atomic E-state index is 10.3. The standard InChI is InChI=1S/C13H19NO2/c14-12-7-6-10(15)8-11(12)13(16)9-4-2-1-3-5-9/h6-9,13,15-16H,1-5,14H2. The average molecular weight is 221 g/mol. The zero-order valence-electron chi connectivity index (χ0n) is 9.39. The molecule has 0 bridgehead atoms. The van der Waals surface area contributed by atoms with E-state index in [0.717, 1.165) is 12.8 Å². The number of hydrogen-bond acceptors (Lipinski definition) is 3. The van der Waals surface area contributed by atoms with Crippen LogP contribution in [0, 0.1) is 5.92 Å². The molecule has 1 aliphatic carbocycles. The lowest BCUT2D eigenvalue weighted by molar-refractivity contribution is 0.0853. The third kappa shape index (κ3) is 2.30. The van der Waals surface area contributed by atoms with E-state index in [2.05, 4.69) is 0 Å². The molecule has 1 atom stereocenters. The van der Waals surface area contributed by atoms with Crippen LogP contribution < -0.4 is 5.73 Å². The summed E-state index contributed by atoms with van der Waals surface area (Å²) < 4.78 is 0. The number of phenols is 1. The highest BCUT2D eigenvalue weighted by Crippen LogP contribution is 2.37. The van der Waals surface area contributed by atoms with Gasteiger partial charge in [-0.05, 0) is 37.0 Å². The molecule has 1 aromatic rings. The summed E-state index contributed by atoms with van der Waals surface area (Å²) in [6.07, 6.45) is 5.19. The third-order valence-corrected chi connectivity index (χ3v) is 3.49. The van der Waals surface area contributed by atoms with Gasteiger partial charge in [0.15, 0.2) is 0 Å². The molecule has 2 rings (SSSR count). The monoisotopic (exact) mass is 221 g/mol. The zero-order chi connectivity index (χ0) is 11.5. The highest BCUT2D eigenvalue weighted by molar-refractivity contribution is 5.51. The van der Waals surface area contributed by atoms with Gasteiger partial charge in [0, 0.05) is 11.3 Å². The summed E-state index contributed by atoms with van der Waals surface area (Å²) in [7, 11) is 0. The van der Waals surface area contributed by atoms with E-state index in [-0.39, 0.29) is 11.7 Å². The lowest BCUT2D eigenvalue weighted by Gasteiger charge is -2.27. The summed E-state index contributed by atoms with van der Waals surface area (Å²) in [6.45, 7) is 0. The van der Waals surface area contributed by atoms with Crippen molar-refractivity contribution < 1.29 is 10.2 Å². The van der Waals surface area contributed by atoms with Crippen LogP contribution in [-0.2, 0) is 0 Å². The van der Waals surface area contributed by atoms with E-state index in [1.807, 2.05) is 0 Å². The fraction of sp³-hybridized carbons (Fsp3) is 0.538. The Hall–Kier alpha value is -1.22. The maximum atomic E-state index is 10.3. The summed E-state index contributed by atoms with van der Waals surface area (Å²) in [5.41, 5.74) is 7.06. The molecule has 0 heterocycles. The second kappa shape index (κ2) is 4.74. The van der Waals surface area contributed by atoms with Crippen LogP contribution in [0.1, 0.15) is 43.8 Å². The molecule has 3 nitrogen and oxygen atoms in total. The average Bonchev–Trinajstić information content (AvgIpc) is 2.32. The van der Waals surface area contributed by atoms with Crippen molar-refractivity contribution in [2.45, 2.75) is 38.2 Å². The van der Waals surface area contributed by atoms with Crippen LogP contribution in [0.15, 0.2) is 18.2 Å². The Morgan fingerprint density at radius 3 is 2.56 bits per heavy atom. The first-order valence-corrected chi connectivity index (χ1v) is 5.95. The van der Waals surface area contributed by atoms with Gasteiger partial charge in [0.2, 0.25) is 0 Å². The summed E-state index contributed by atoms with van der Waals surface area (Å²) in [5.74, 6) is 0.455. The second-order valence-corrected chi connectivity index (χ2v) is 4.66. The van der Waals surface area contributed by atoms with Gasteiger partial charge in [-0.1, -0.05) is 19.3 Å². The summed E-state index contributed by atoms with van der Waals surface area (Å²) in [6, 6.07) is 4.78. The Balaban J connectivity index is 2.18. The van der Waals surface area contributed by atoms with Gasteiger partial charge >= 0.3 is 0 Å². The van der Waals surface area contributed by atoms with Crippen LogP contribution in [0.5, 0.6) is 5.75 Å². The predicted molar refractivity (Wildman–Crippen MR) is 64.1 cm³/mol. The number of anilines is 1. The van der Waals surface area contributed by atoms with Crippen molar-refractivity contribution in [1.29, 1.82) is 0 Å². The number of aromatic hydroxyl groups is 1. The van der Waals surface area contributed by atoms with E-state index in [1.165, 1.54) is 19.3 Å². The number of nitrogens with two attached hydrogens (primary N) is 1. The molecular formula is C13H19NO2. The second-order valence-electron chi connectivity index (χ2n) is 4.66. The predicted octanol–water partition coefficient (Wildman–Crippen LogP) is 2.59. The molecule has 0 radical (unpaired) electrons. The largest absolute Gasteiger partial charge is 0.508 e. The van der Waals surface area contributed by atoms with Gasteiger partial charge in [0.05, 0.1) is 6.10 Å². The Labute approximate surface area is 95.9 Å². The third-order valence-electron chi connectivity index (χ3n) is 3.49. The van der Waals surface area contributed by atoms with Gasteiger partial charge in [-0.2, -0.15) is 0 Å². The van der Waals surface area contributed by atoms with Crippen LogP contribution in [0.3, 0.4) is 0 Å². The smallest absolute Gasteiger partial charge is 0.116 e. The van der Waals surface area contributed by atoms with Gasteiger partial charge in [0.25, 0.3) is 0 Å². The number of aliphatic hydroxyl groups is 1. The SMILES string of the molecule is Nc1ccc(O)cc1C(O)C1CCCCC1. The molecule has 0 spiro atoms. The molecule has 1 aliphatic rings. The van der Waals surface area contributed by atoms with E-state index in [9.17, 15) is 10.2 Å². The maximum Gasteiger partial charge on any atom is 0.116 e. The minimum Gasteiger partial charge on any atom is -0.508 e. The molecule has 0 aromatic heterocycles. The summed E-state index contributed by atoms with van der Waals surface area (Å²) >= 11 is 0. The molecule has 0 aliphatic heterocycles. The number of rotatable bonds is 2. The Morgan fingerprint density at radius 2 is 1.88 bits per heavy atom. The summed E-state index contributed by atoms with van der Waals surface area (Å²) in [5, 5.41) is 19.7. The first-order chi connectivity index (χ1) is 7.68. The topological polar surface area (TPSA) is 66.5 Å². The molecule has 1 fully saturated rings. The highest BCUT2D eigenvalue weighted by atomic mass is 16.3. The van der Waals surface area contributed by atoms with Crippen LogP contribution in [0.2, 0.25) is 0 Å². The van der Waals surface area contributed by atoms with Crippen LogP contribution in [0.25, 0.3) is 0 Å². The van der Waals surface area contributed by atoms with Crippen molar-refractivity contribution in [3.63, 3.8) is 0 Å². The van der Waals surface area contributed by atoms with Gasteiger partial charge in [-0.3, -0.25) is 0 Å². The lowest BCUT2D eigenvalue weighted by atomic mass is 9.82. The molecule has 4 N–H and O–H groups in total. The van der Waals surface area contributed by atoms with Crippen molar-refractivity contribution in [3.05, 3.63) is 23.8 Å². The van der Waals surface area contributed by atoms with E-state index in [0.29, 0.717) is 11.3 Å². The molecule has 1 aromatic carbocycles. The van der Waals surface area contributed by atoms with Crippen molar-refractivity contribution >= 4 is 5.69 Å². The Bertz CT molecular complexity index is 359. The fourth-order valence-electron chi connectivity index (χ4n) is 2.52. The minimum absolute atomic E-state index is 0.166. The zero-order valence-corrected chi connectivity index (χ0v) is 9.39. The van der Waals surface area contributed by atoms with Crippen molar-refractivity contribution in [3.8, 4) is 5.75 Å². The Kier molecular flexibility index (Phi) is 3.34. The van der Waals surface area contributed by atoms with E-state index in [1.54, 1.807) is 18.2 Å². The molecule has 16 heavy (non-hydrogen) atoms. The molecule has 0 amide bonds. The van der Waals surface area contributed by atoms with Crippen molar-refractivity contribution in [1.82, 2.24) is 0 Å². The van der Waals surface area contributed by atoms with Crippen molar-refractivity contribution in [2.75, 3.05) is 5.73 Å². The molecule has 1 saturated carbocycles. The van der Waals surface area contributed by atoms with Gasteiger partial charge in [0.1, 0.15) is 5.75 Å². The first kappa shape index (κ1) is 11.3. The molecule has 1 unspecified atom stereocenters. The minimum atomic E-state index is -0.535. The normalized spacial score (nSPS) is 19.6. The summed E-state index contributed by atoms with van der Waals surface area (Å²) in [4.78, 5) is 0. The van der Waals surface area contributed by atoms with Crippen LogP contribution in [0.4, 0.5) is 5.69 Å². The van der Waals surface area contributed by atoms with Crippen LogP contribution in [-0.4, -0.2) is 10.2 Å². The van der Waals surface area contributed by atoms with Crippen LogP contribution >= 0.6 is 0 Å². The molecule has 3 heteroatoms. The Morgan fingerprint density at radius 1 is 1.19 bits per heavy atom. The molecule has 0 saturated heterocycles. The molecule has 88 valence electrons. The quantitative estimate of drug-likeness (QED) is 0.531. The number of hydrogen-bond donors (Lipinski definition) is 3. The number of nitrogen functional groups attached to an aromatic ring is 1. The molecular weight excluding hydrogens is 202 g/mol. The highest BCUT2D eigenvalue weighted by Gasteiger charge is 2.24. The van der Waals surface area contributed by atoms with E-state index >= 15 is 0 Å². The lowest BCUT2D eigenvalue weighted by Crippen LogP contribution is -2.17. The first-order valence-electron chi connectivity index (χ1n) is 5.95. The van der Waals surface area contributed by atoms with Gasteiger partial charge in [-0.25, -0.2) is 0 Å². The van der Waals surface area contributed by atoms with E-state index < -0.39 is 6.10 Å². The number of aliphatic hydroxyl groups excluding tert-OH is 1. The van der Waals surface area contributed by atoms with E-state index in [4.69, 9.17) is 5.73 Å². The van der Waals surface area contributed by atoms with Gasteiger partial charge in [-0.15, -0.1) is 0 Å². The fourth-order valence-corrected chi connectivity index (χ4v) is 2.52. The van der Waals surface area contributed by atoms with Gasteiger partial charge < -0.3 is 15.9 Å². The number of benzene rings is 1. The van der Waals surface area contributed by atoms with Crippen molar-refractivity contribution in [2.24, 2.45) is 5.92 Å².